The molecule has 0 spiro atoms. The number of benzene rings is 2. The highest BCUT2D eigenvalue weighted by Crippen LogP contribution is 2.21. The van der Waals surface area contributed by atoms with E-state index in [-0.39, 0.29) is 5.82 Å². The third kappa shape index (κ3) is 2.33. The normalized spacial score (nSPS) is 10.8. The number of hydrogen-bond acceptors (Lipinski definition) is 2. The molecule has 2 N–H and O–H groups in total. The molecule has 1 amide bonds. The molecule has 106 valence electrons. The van der Waals surface area contributed by atoms with Crippen LogP contribution in [0.25, 0.3) is 10.9 Å². The number of anilines is 1. The summed E-state index contributed by atoms with van der Waals surface area (Å²) in [5.74, 6) is -4.54. The summed E-state index contributed by atoms with van der Waals surface area (Å²) in [6.45, 7) is 0. The lowest BCUT2D eigenvalue weighted by molar-refractivity contribution is 0.101. The number of hydrogen-bond donors (Lipinski definition) is 2. The van der Waals surface area contributed by atoms with Crippen LogP contribution in [0.3, 0.4) is 0 Å². The molecule has 0 saturated carbocycles. The van der Waals surface area contributed by atoms with Crippen LogP contribution in [-0.4, -0.2) is 16.1 Å². The topological polar surface area (TPSA) is 57.8 Å². The number of halogens is 3. The Labute approximate surface area is 116 Å². The van der Waals surface area contributed by atoms with Crippen LogP contribution in [0.2, 0.25) is 0 Å². The van der Waals surface area contributed by atoms with Gasteiger partial charge >= 0.3 is 0 Å². The second-order valence-electron chi connectivity index (χ2n) is 4.32. The van der Waals surface area contributed by atoms with Crippen LogP contribution in [0.4, 0.5) is 19.0 Å². The van der Waals surface area contributed by atoms with E-state index in [0.717, 1.165) is 0 Å². The van der Waals surface area contributed by atoms with Crippen molar-refractivity contribution in [1.29, 1.82) is 0 Å². The van der Waals surface area contributed by atoms with Crippen molar-refractivity contribution in [2.24, 2.45) is 0 Å². The van der Waals surface area contributed by atoms with E-state index in [2.05, 4.69) is 15.5 Å². The molecule has 0 bridgehead atoms. The first-order valence-electron chi connectivity index (χ1n) is 5.95. The minimum absolute atomic E-state index is 0.138. The van der Waals surface area contributed by atoms with Crippen LogP contribution in [0, 0.1) is 17.5 Å². The number of fused-ring (bicyclic) bond motifs is 1. The monoisotopic (exact) mass is 291 g/mol. The fourth-order valence-electron chi connectivity index (χ4n) is 1.99. The minimum Gasteiger partial charge on any atom is -0.304 e. The molecule has 0 radical (unpaired) electrons. The van der Waals surface area contributed by atoms with Gasteiger partial charge in [-0.25, -0.2) is 13.2 Å². The number of aromatic nitrogens is 2. The third-order valence-electron chi connectivity index (χ3n) is 2.94. The minimum atomic E-state index is -1.27. The van der Waals surface area contributed by atoms with Crippen molar-refractivity contribution < 1.29 is 18.0 Å². The van der Waals surface area contributed by atoms with Gasteiger partial charge in [0.2, 0.25) is 0 Å². The number of H-pyrrole nitrogens is 1. The maximum atomic E-state index is 13.5. The van der Waals surface area contributed by atoms with Crippen LogP contribution >= 0.6 is 0 Å². The molecule has 0 aliphatic rings. The lowest BCUT2D eigenvalue weighted by Crippen LogP contribution is -2.16. The predicted molar refractivity (Wildman–Crippen MR) is 70.4 cm³/mol. The molecule has 0 aliphatic heterocycles. The summed E-state index contributed by atoms with van der Waals surface area (Å²) in [5.41, 5.74) is -0.198. The Bertz CT molecular complexity index is 821. The fourth-order valence-corrected chi connectivity index (χ4v) is 1.99. The summed E-state index contributed by atoms with van der Waals surface area (Å²) >= 11 is 0. The predicted octanol–water partition coefficient (Wildman–Crippen LogP) is 3.23. The van der Waals surface area contributed by atoms with Crippen LogP contribution < -0.4 is 5.32 Å². The van der Waals surface area contributed by atoms with Crippen LogP contribution in [0.1, 0.15) is 10.4 Å². The maximum absolute atomic E-state index is 13.5. The maximum Gasteiger partial charge on any atom is 0.262 e. The molecular formula is C14H8F3N3O. The highest BCUT2D eigenvalue weighted by Gasteiger charge is 2.20. The molecular weight excluding hydrogens is 283 g/mol. The van der Waals surface area contributed by atoms with E-state index in [9.17, 15) is 18.0 Å². The van der Waals surface area contributed by atoms with Gasteiger partial charge in [-0.1, -0.05) is 12.1 Å². The second-order valence-corrected chi connectivity index (χ2v) is 4.32. The lowest BCUT2D eigenvalue weighted by atomic mass is 10.1. The van der Waals surface area contributed by atoms with Gasteiger partial charge in [-0.2, -0.15) is 5.10 Å². The average molecular weight is 291 g/mol. The molecule has 0 fully saturated rings. The number of nitrogens with zero attached hydrogens (tertiary/aromatic N) is 1. The Hall–Kier alpha value is -2.83. The zero-order chi connectivity index (χ0) is 15.0. The van der Waals surface area contributed by atoms with E-state index in [0.29, 0.717) is 23.0 Å². The summed E-state index contributed by atoms with van der Waals surface area (Å²) in [6.07, 6.45) is 0. The largest absolute Gasteiger partial charge is 0.304 e. The number of aromatic amines is 1. The van der Waals surface area contributed by atoms with E-state index in [1.165, 1.54) is 0 Å². The molecule has 0 atom stereocenters. The summed E-state index contributed by atoms with van der Waals surface area (Å²) in [6, 6.07) is 7.81. The van der Waals surface area contributed by atoms with Crippen molar-refractivity contribution in [1.82, 2.24) is 10.2 Å². The van der Waals surface area contributed by atoms with Gasteiger partial charge in [-0.3, -0.25) is 9.89 Å². The van der Waals surface area contributed by atoms with E-state index in [1.54, 1.807) is 24.3 Å². The van der Waals surface area contributed by atoms with Crippen LogP contribution in [0.5, 0.6) is 0 Å². The smallest absolute Gasteiger partial charge is 0.262 e. The molecule has 0 unspecified atom stereocenters. The highest BCUT2D eigenvalue weighted by molar-refractivity contribution is 6.08. The second kappa shape index (κ2) is 4.93. The molecule has 21 heavy (non-hydrogen) atoms. The van der Waals surface area contributed by atoms with Gasteiger partial charge in [0.15, 0.2) is 5.82 Å². The number of nitrogens with one attached hydrogen (secondary N) is 2. The van der Waals surface area contributed by atoms with Gasteiger partial charge in [-0.15, -0.1) is 0 Å². The van der Waals surface area contributed by atoms with Gasteiger partial charge < -0.3 is 5.32 Å². The van der Waals surface area contributed by atoms with Crippen molar-refractivity contribution in [2.75, 3.05) is 5.32 Å². The van der Waals surface area contributed by atoms with E-state index in [1.807, 2.05) is 0 Å². The van der Waals surface area contributed by atoms with E-state index < -0.39 is 28.9 Å². The Morgan fingerprint density at radius 1 is 1.10 bits per heavy atom. The SMILES string of the molecule is O=C(Nc1n[nH]c2ccccc12)c1c(F)cc(F)cc1F. The molecule has 7 heteroatoms. The zero-order valence-corrected chi connectivity index (χ0v) is 10.5. The number of rotatable bonds is 2. The zero-order valence-electron chi connectivity index (χ0n) is 10.5. The Balaban J connectivity index is 1.97. The van der Waals surface area contributed by atoms with Gasteiger partial charge in [0.1, 0.15) is 23.0 Å². The molecule has 4 nitrogen and oxygen atoms in total. The Morgan fingerprint density at radius 3 is 2.48 bits per heavy atom. The number of amides is 1. The first kappa shape index (κ1) is 13.2. The van der Waals surface area contributed by atoms with Gasteiger partial charge in [0, 0.05) is 17.5 Å². The summed E-state index contributed by atoms with van der Waals surface area (Å²) in [4.78, 5) is 11.9. The number of carbonyl (C=O) groups excluding carboxylic acids is 1. The van der Waals surface area contributed by atoms with Gasteiger partial charge in [0.05, 0.1) is 5.52 Å². The molecule has 1 aromatic heterocycles. The van der Waals surface area contributed by atoms with E-state index in [4.69, 9.17) is 0 Å². The molecule has 0 saturated heterocycles. The quantitative estimate of drug-likeness (QED) is 0.761. The van der Waals surface area contributed by atoms with Crippen molar-refractivity contribution in [3.05, 3.63) is 59.4 Å². The van der Waals surface area contributed by atoms with Crippen molar-refractivity contribution in [2.45, 2.75) is 0 Å². The fraction of sp³-hybridized carbons (Fsp3) is 0. The van der Waals surface area contributed by atoms with Crippen molar-refractivity contribution >= 4 is 22.6 Å². The molecule has 3 rings (SSSR count). The van der Waals surface area contributed by atoms with Gasteiger partial charge in [-0.05, 0) is 12.1 Å². The number of para-hydroxylation sites is 1. The van der Waals surface area contributed by atoms with Gasteiger partial charge in [0.25, 0.3) is 5.91 Å². The first-order chi connectivity index (χ1) is 10.1. The standard InChI is InChI=1S/C14H8F3N3O/c15-7-5-9(16)12(10(17)6-7)14(21)18-13-8-3-1-2-4-11(8)19-20-13/h1-6H,(H2,18,19,20,21). The summed E-state index contributed by atoms with van der Waals surface area (Å²) in [7, 11) is 0. The summed E-state index contributed by atoms with van der Waals surface area (Å²) < 4.78 is 39.9. The average Bonchev–Trinajstić information content (AvgIpc) is 2.81. The van der Waals surface area contributed by atoms with Crippen LogP contribution in [0.15, 0.2) is 36.4 Å². The molecule has 2 aromatic carbocycles. The first-order valence-corrected chi connectivity index (χ1v) is 5.95. The Morgan fingerprint density at radius 2 is 1.76 bits per heavy atom. The molecule has 0 aliphatic carbocycles. The van der Waals surface area contributed by atoms with Crippen molar-refractivity contribution in [3.63, 3.8) is 0 Å². The summed E-state index contributed by atoms with van der Waals surface area (Å²) in [5, 5.41) is 9.42. The highest BCUT2D eigenvalue weighted by atomic mass is 19.1. The molecule has 1 heterocycles. The third-order valence-corrected chi connectivity index (χ3v) is 2.94. The van der Waals surface area contributed by atoms with E-state index >= 15 is 0 Å². The number of carbonyl (C=O) groups is 1. The van der Waals surface area contributed by atoms with Crippen molar-refractivity contribution in [3.8, 4) is 0 Å². The Kier molecular flexibility index (Phi) is 3.09. The molecule has 3 aromatic rings. The van der Waals surface area contributed by atoms with Crippen LogP contribution in [-0.2, 0) is 0 Å². The lowest BCUT2D eigenvalue weighted by Gasteiger charge is -2.05.